The molecule has 0 spiro atoms. The fourth-order valence-corrected chi connectivity index (χ4v) is 0.816. The van der Waals surface area contributed by atoms with Gasteiger partial charge in [-0.15, -0.1) is 0 Å². The highest BCUT2D eigenvalue weighted by Crippen LogP contribution is 2.12. The Morgan fingerprint density at radius 3 is 2.31 bits per heavy atom. The van der Waals surface area contributed by atoms with Crippen molar-refractivity contribution in [2.45, 2.75) is 12.8 Å². The molecule has 1 aliphatic heterocycles. The van der Waals surface area contributed by atoms with Crippen LogP contribution in [-0.4, -0.2) is 30.1 Å². The first-order valence-electron chi connectivity index (χ1n) is 3.43. The van der Waals surface area contributed by atoms with Crippen LogP contribution in [0.3, 0.4) is 0 Å². The van der Waals surface area contributed by atoms with Gasteiger partial charge in [-0.3, -0.25) is 19.3 Å². The second-order valence-electron chi connectivity index (χ2n) is 2.17. The Bertz CT molecular complexity index is 234. The summed E-state index contributed by atoms with van der Waals surface area (Å²) in [7, 11) is 1.09. The highest BCUT2D eigenvalue weighted by atomic mass is 17.2. The van der Waals surface area contributed by atoms with E-state index in [9.17, 15) is 14.4 Å². The summed E-state index contributed by atoms with van der Waals surface area (Å²) >= 11 is 0. The van der Waals surface area contributed by atoms with Gasteiger partial charge in [0, 0.05) is 12.8 Å². The summed E-state index contributed by atoms with van der Waals surface area (Å²) in [5.74, 6) is -1.14. The number of nitrogens with zero attached hydrogens (tertiary/aromatic N) is 1. The van der Waals surface area contributed by atoms with E-state index in [2.05, 4.69) is 14.6 Å². The van der Waals surface area contributed by atoms with Gasteiger partial charge < -0.3 is 0 Å². The summed E-state index contributed by atoms with van der Waals surface area (Å²) < 4.78 is 0. The predicted octanol–water partition coefficient (Wildman–Crippen LogP) is -0.235. The molecule has 0 aromatic carbocycles. The van der Waals surface area contributed by atoms with E-state index in [0.29, 0.717) is 5.06 Å². The Morgan fingerprint density at radius 2 is 1.85 bits per heavy atom. The molecule has 7 nitrogen and oxygen atoms in total. The lowest BCUT2D eigenvalue weighted by Crippen LogP contribution is -2.32. The van der Waals surface area contributed by atoms with Crippen LogP contribution in [0.4, 0.5) is 4.79 Å². The first kappa shape index (κ1) is 9.46. The van der Waals surface area contributed by atoms with Crippen molar-refractivity contribution in [1.82, 2.24) is 5.06 Å². The Morgan fingerprint density at radius 1 is 1.31 bits per heavy atom. The van der Waals surface area contributed by atoms with Crippen LogP contribution < -0.4 is 0 Å². The first-order valence-corrected chi connectivity index (χ1v) is 3.43. The second-order valence-corrected chi connectivity index (χ2v) is 2.17. The van der Waals surface area contributed by atoms with Gasteiger partial charge in [0.05, 0.1) is 7.11 Å². The summed E-state index contributed by atoms with van der Waals surface area (Å²) in [6.07, 6.45) is -1.18. The lowest BCUT2D eigenvalue weighted by Gasteiger charge is -2.10. The molecule has 0 radical (unpaired) electrons. The molecular formula is C6H7NO6. The van der Waals surface area contributed by atoms with Gasteiger partial charge in [-0.1, -0.05) is 5.06 Å². The van der Waals surface area contributed by atoms with Gasteiger partial charge in [-0.05, 0) is 0 Å². The van der Waals surface area contributed by atoms with Crippen molar-refractivity contribution in [3.05, 3.63) is 0 Å². The molecule has 1 saturated heterocycles. The van der Waals surface area contributed by atoms with Crippen LogP contribution in [0.2, 0.25) is 0 Å². The maximum atomic E-state index is 10.9. The minimum absolute atomic E-state index is 0.0408. The van der Waals surface area contributed by atoms with Crippen molar-refractivity contribution in [3.8, 4) is 0 Å². The molecule has 0 bridgehead atoms. The predicted molar refractivity (Wildman–Crippen MR) is 35.7 cm³/mol. The number of carbonyl (C=O) groups is 3. The van der Waals surface area contributed by atoms with Crippen LogP contribution in [0.15, 0.2) is 0 Å². The molecule has 72 valence electrons. The number of rotatable bonds is 2. The van der Waals surface area contributed by atoms with Crippen LogP contribution in [0.25, 0.3) is 0 Å². The Balaban J connectivity index is 2.48. The number of carbonyl (C=O) groups excluding carboxylic acids is 3. The largest absolute Gasteiger partial charge is 0.566 e. The third-order valence-corrected chi connectivity index (χ3v) is 1.32. The lowest BCUT2D eigenvalue weighted by molar-refractivity contribution is -0.252. The van der Waals surface area contributed by atoms with Crippen molar-refractivity contribution >= 4 is 18.0 Å². The zero-order chi connectivity index (χ0) is 9.84. The Labute approximate surface area is 73.0 Å². The van der Waals surface area contributed by atoms with Gasteiger partial charge >= 0.3 is 6.16 Å². The summed E-state index contributed by atoms with van der Waals surface area (Å²) in [4.78, 5) is 44.4. The van der Waals surface area contributed by atoms with Gasteiger partial charge in [0.15, 0.2) is 0 Å². The Kier molecular flexibility index (Phi) is 2.80. The van der Waals surface area contributed by atoms with Crippen molar-refractivity contribution < 1.29 is 29.0 Å². The van der Waals surface area contributed by atoms with Crippen molar-refractivity contribution in [2.24, 2.45) is 0 Å². The second kappa shape index (κ2) is 3.85. The molecule has 0 aliphatic carbocycles. The van der Waals surface area contributed by atoms with E-state index in [0.717, 1.165) is 7.11 Å². The fourth-order valence-electron chi connectivity index (χ4n) is 0.816. The Hall–Kier alpha value is -1.63. The maximum Gasteiger partial charge on any atom is 0.566 e. The van der Waals surface area contributed by atoms with Crippen molar-refractivity contribution in [3.63, 3.8) is 0 Å². The van der Waals surface area contributed by atoms with Gasteiger partial charge in [-0.25, -0.2) is 0 Å². The quantitative estimate of drug-likeness (QED) is 0.339. The van der Waals surface area contributed by atoms with E-state index in [1.807, 2.05) is 0 Å². The maximum absolute atomic E-state index is 10.9. The van der Waals surface area contributed by atoms with E-state index in [-0.39, 0.29) is 12.8 Å². The third-order valence-electron chi connectivity index (χ3n) is 1.32. The monoisotopic (exact) mass is 189 g/mol. The van der Waals surface area contributed by atoms with Crippen LogP contribution in [0.5, 0.6) is 0 Å². The highest BCUT2D eigenvalue weighted by molar-refractivity contribution is 6.01. The smallest absolute Gasteiger partial charge is 0.293 e. The summed E-state index contributed by atoms with van der Waals surface area (Å²) in [5, 5.41) is 0.362. The first-order chi connectivity index (χ1) is 6.15. The molecule has 13 heavy (non-hydrogen) atoms. The minimum atomic E-state index is -1.26. The molecule has 0 aromatic heterocycles. The normalized spacial score (nSPS) is 16.2. The molecular weight excluding hydrogens is 182 g/mol. The molecule has 7 heteroatoms. The van der Waals surface area contributed by atoms with Crippen molar-refractivity contribution in [2.75, 3.05) is 7.11 Å². The van der Waals surface area contributed by atoms with Crippen LogP contribution >= 0.6 is 0 Å². The standard InChI is InChI=1S/C6H7NO6/c1-11-13-6(10)12-7-4(8)2-3-5(7)9/h2-3H2,1H3. The molecule has 2 amide bonds. The van der Waals surface area contributed by atoms with Gasteiger partial charge in [-0.2, -0.15) is 9.68 Å². The van der Waals surface area contributed by atoms with Gasteiger partial charge in [0.25, 0.3) is 11.8 Å². The SMILES string of the molecule is COOC(=O)ON1C(=O)CCC1=O. The van der Waals surface area contributed by atoms with Crippen LogP contribution in [0, 0.1) is 0 Å². The molecule has 0 atom stereocenters. The third kappa shape index (κ3) is 2.15. The molecule has 1 fully saturated rings. The highest BCUT2D eigenvalue weighted by Gasteiger charge is 2.33. The molecule has 1 aliphatic rings. The van der Waals surface area contributed by atoms with E-state index in [1.54, 1.807) is 0 Å². The van der Waals surface area contributed by atoms with E-state index < -0.39 is 18.0 Å². The van der Waals surface area contributed by atoms with E-state index in [1.165, 1.54) is 0 Å². The number of hydrogen-bond acceptors (Lipinski definition) is 6. The topological polar surface area (TPSA) is 82.1 Å². The molecule has 1 rings (SSSR count). The number of hydroxylamine groups is 2. The van der Waals surface area contributed by atoms with Crippen LogP contribution in [0.1, 0.15) is 12.8 Å². The number of imide groups is 1. The van der Waals surface area contributed by atoms with Crippen LogP contribution in [-0.2, 0) is 24.2 Å². The van der Waals surface area contributed by atoms with E-state index >= 15 is 0 Å². The fraction of sp³-hybridized carbons (Fsp3) is 0.500. The van der Waals surface area contributed by atoms with E-state index in [4.69, 9.17) is 0 Å². The summed E-state index contributed by atoms with van der Waals surface area (Å²) in [6.45, 7) is 0. The molecule has 0 N–H and O–H groups in total. The number of amides is 2. The summed E-state index contributed by atoms with van der Waals surface area (Å²) in [5.41, 5.74) is 0. The zero-order valence-electron chi connectivity index (χ0n) is 6.81. The molecule has 0 saturated carbocycles. The van der Waals surface area contributed by atoms with Gasteiger partial charge in [0.2, 0.25) is 0 Å². The number of hydrogen-bond donors (Lipinski definition) is 0. The van der Waals surface area contributed by atoms with Crippen molar-refractivity contribution in [1.29, 1.82) is 0 Å². The zero-order valence-corrected chi connectivity index (χ0v) is 6.81. The minimum Gasteiger partial charge on any atom is -0.293 e. The average Bonchev–Trinajstić information content (AvgIpc) is 2.36. The summed E-state index contributed by atoms with van der Waals surface area (Å²) in [6, 6.07) is 0. The van der Waals surface area contributed by atoms with Gasteiger partial charge in [0.1, 0.15) is 0 Å². The molecule has 0 unspecified atom stereocenters. The average molecular weight is 189 g/mol. The molecule has 0 aromatic rings. The lowest BCUT2D eigenvalue weighted by atomic mass is 10.4. The molecule has 1 heterocycles.